The molecule has 3 aliphatic rings. The number of carbonyl (C=O) groups excluding carboxylic acids is 1. The van der Waals surface area contributed by atoms with E-state index >= 15 is 0 Å². The fraction of sp³-hybridized carbons (Fsp3) is 0.650. The minimum Gasteiger partial charge on any atom is -0.497 e. The van der Waals surface area contributed by atoms with Crippen molar-refractivity contribution in [3.63, 3.8) is 0 Å². The van der Waals surface area contributed by atoms with Crippen molar-refractivity contribution >= 4 is 5.91 Å². The Morgan fingerprint density at radius 2 is 1.79 bits per heavy atom. The zero-order valence-electron chi connectivity index (χ0n) is 14.6. The third-order valence-electron chi connectivity index (χ3n) is 6.45. The lowest BCUT2D eigenvalue weighted by atomic mass is 9.71. The standard InChI is InChI=1S/C20H28N2O2/c1-24-16-4-2-15(3-5-16)17-14-18(17)19(23)22-12-8-20(9-13-22)6-10-21-11-7-20/h2-5,17-18,21H,6-14H2,1H3/t17-,18+/m0/s1. The van der Waals surface area contributed by atoms with E-state index in [4.69, 9.17) is 4.74 Å². The molecule has 24 heavy (non-hydrogen) atoms. The van der Waals surface area contributed by atoms with Gasteiger partial charge in [0, 0.05) is 19.0 Å². The number of methoxy groups -OCH3 is 1. The van der Waals surface area contributed by atoms with Crippen molar-refractivity contribution in [1.29, 1.82) is 0 Å². The quantitative estimate of drug-likeness (QED) is 0.928. The lowest BCUT2D eigenvalue weighted by Crippen LogP contribution is -2.47. The van der Waals surface area contributed by atoms with Crippen LogP contribution in [0.1, 0.15) is 43.6 Å². The zero-order valence-corrected chi connectivity index (χ0v) is 14.6. The molecule has 0 bridgehead atoms. The summed E-state index contributed by atoms with van der Waals surface area (Å²) in [6.07, 6.45) is 5.97. The molecule has 3 fully saturated rings. The first-order valence-corrected chi connectivity index (χ1v) is 9.34. The zero-order chi connectivity index (χ0) is 16.6. The Morgan fingerprint density at radius 3 is 2.42 bits per heavy atom. The second-order valence-corrected chi connectivity index (χ2v) is 7.80. The van der Waals surface area contributed by atoms with Gasteiger partial charge < -0.3 is 15.0 Å². The molecule has 1 aromatic rings. The maximum Gasteiger partial charge on any atom is 0.226 e. The number of likely N-dealkylation sites (tertiary alicyclic amines) is 1. The largest absolute Gasteiger partial charge is 0.497 e. The lowest BCUT2D eigenvalue weighted by molar-refractivity contribution is -0.135. The second-order valence-electron chi connectivity index (χ2n) is 7.80. The summed E-state index contributed by atoms with van der Waals surface area (Å²) < 4.78 is 5.21. The number of carbonyl (C=O) groups is 1. The monoisotopic (exact) mass is 328 g/mol. The molecular weight excluding hydrogens is 300 g/mol. The molecule has 1 saturated carbocycles. The maximum atomic E-state index is 12.8. The van der Waals surface area contributed by atoms with E-state index in [9.17, 15) is 4.79 Å². The van der Waals surface area contributed by atoms with Crippen LogP contribution < -0.4 is 10.1 Å². The summed E-state index contributed by atoms with van der Waals surface area (Å²) in [4.78, 5) is 15.0. The number of hydrogen-bond donors (Lipinski definition) is 1. The van der Waals surface area contributed by atoms with Crippen LogP contribution in [0, 0.1) is 11.3 Å². The molecule has 0 aromatic heterocycles. The van der Waals surface area contributed by atoms with Gasteiger partial charge in [-0.3, -0.25) is 4.79 Å². The minimum absolute atomic E-state index is 0.209. The molecule has 4 nitrogen and oxygen atoms in total. The van der Waals surface area contributed by atoms with Crippen LogP contribution in [-0.2, 0) is 4.79 Å². The summed E-state index contributed by atoms with van der Waals surface area (Å²) in [7, 11) is 1.68. The Morgan fingerprint density at radius 1 is 1.12 bits per heavy atom. The first-order chi connectivity index (χ1) is 11.7. The summed E-state index contributed by atoms with van der Waals surface area (Å²) in [5.41, 5.74) is 1.79. The number of rotatable bonds is 3. The smallest absolute Gasteiger partial charge is 0.226 e. The fourth-order valence-electron chi connectivity index (χ4n) is 4.58. The Balaban J connectivity index is 1.32. The summed E-state index contributed by atoms with van der Waals surface area (Å²) in [6.45, 7) is 4.22. The Bertz CT molecular complexity index is 582. The van der Waals surface area contributed by atoms with Gasteiger partial charge in [0.15, 0.2) is 0 Å². The number of amides is 1. The topological polar surface area (TPSA) is 41.6 Å². The third kappa shape index (κ3) is 3.04. The van der Waals surface area contributed by atoms with Crippen LogP contribution in [0.5, 0.6) is 5.75 Å². The van der Waals surface area contributed by atoms with Gasteiger partial charge in [0.1, 0.15) is 5.75 Å². The molecule has 1 aromatic carbocycles. The van der Waals surface area contributed by atoms with Crippen molar-refractivity contribution in [3.8, 4) is 5.75 Å². The first-order valence-electron chi connectivity index (χ1n) is 9.34. The highest BCUT2D eigenvalue weighted by molar-refractivity contribution is 5.83. The maximum absolute atomic E-state index is 12.8. The van der Waals surface area contributed by atoms with Gasteiger partial charge in [-0.15, -0.1) is 0 Å². The average Bonchev–Trinajstić information content (AvgIpc) is 3.43. The Labute approximate surface area is 144 Å². The fourth-order valence-corrected chi connectivity index (χ4v) is 4.58. The Kier molecular flexibility index (Phi) is 4.25. The predicted molar refractivity (Wildman–Crippen MR) is 94.2 cm³/mol. The highest BCUT2D eigenvalue weighted by Crippen LogP contribution is 2.49. The molecule has 1 amide bonds. The van der Waals surface area contributed by atoms with Crippen LogP contribution in [-0.4, -0.2) is 44.1 Å². The normalized spacial score (nSPS) is 28.6. The molecule has 0 unspecified atom stereocenters. The second kappa shape index (κ2) is 6.40. The molecule has 2 atom stereocenters. The van der Waals surface area contributed by atoms with E-state index in [0.29, 0.717) is 17.2 Å². The lowest BCUT2D eigenvalue weighted by Gasteiger charge is -2.44. The SMILES string of the molecule is COc1ccc([C@@H]2C[C@H]2C(=O)N2CCC3(CCNCC3)CC2)cc1. The van der Waals surface area contributed by atoms with Crippen LogP contribution in [0.25, 0.3) is 0 Å². The molecule has 1 N–H and O–H groups in total. The van der Waals surface area contributed by atoms with Crippen LogP contribution in [0.3, 0.4) is 0 Å². The number of hydrogen-bond acceptors (Lipinski definition) is 3. The summed E-state index contributed by atoms with van der Waals surface area (Å²) in [6, 6.07) is 8.21. The molecule has 0 radical (unpaired) electrons. The van der Waals surface area contributed by atoms with Crippen molar-refractivity contribution in [2.75, 3.05) is 33.3 Å². The van der Waals surface area contributed by atoms with Crippen LogP contribution in [0.15, 0.2) is 24.3 Å². The molecule has 1 aliphatic carbocycles. The number of nitrogens with one attached hydrogen (secondary N) is 1. The summed E-state index contributed by atoms with van der Waals surface area (Å²) in [5, 5.41) is 3.46. The number of nitrogens with zero attached hydrogens (tertiary/aromatic N) is 1. The van der Waals surface area contributed by atoms with Gasteiger partial charge in [-0.1, -0.05) is 12.1 Å². The van der Waals surface area contributed by atoms with E-state index < -0.39 is 0 Å². The van der Waals surface area contributed by atoms with Crippen molar-refractivity contribution in [1.82, 2.24) is 10.2 Å². The van der Waals surface area contributed by atoms with Crippen LogP contribution >= 0.6 is 0 Å². The van der Waals surface area contributed by atoms with Crippen molar-refractivity contribution < 1.29 is 9.53 Å². The van der Waals surface area contributed by atoms with Gasteiger partial charge in [-0.25, -0.2) is 0 Å². The highest BCUT2D eigenvalue weighted by atomic mass is 16.5. The predicted octanol–water partition coefficient (Wildman–Crippen LogP) is 2.79. The van der Waals surface area contributed by atoms with E-state index in [0.717, 1.165) is 38.3 Å². The number of piperidine rings is 2. The molecule has 1 spiro atoms. The summed E-state index contributed by atoms with van der Waals surface area (Å²) >= 11 is 0. The first kappa shape index (κ1) is 15.9. The number of ether oxygens (including phenoxy) is 1. The third-order valence-corrected chi connectivity index (χ3v) is 6.45. The average molecular weight is 328 g/mol. The summed E-state index contributed by atoms with van der Waals surface area (Å²) in [5.74, 6) is 1.89. The van der Waals surface area contributed by atoms with E-state index in [2.05, 4.69) is 22.3 Å². The molecule has 2 saturated heterocycles. The Hall–Kier alpha value is -1.55. The number of benzene rings is 1. The van der Waals surface area contributed by atoms with Crippen molar-refractivity contribution in [2.45, 2.75) is 38.0 Å². The molecule has 130 valence electrons. The molecule has 4 rings (SSSR count). The van der Waals surface area contributed by atoms with Gasteiger partial charge in [0.25, 0.3) is 0 Å². The highest BCUT2D eigenvalue weighted by Gasteiger charge is 2.47. The van der Waals surface area contributed by atoms with Crippen LogP contribution in [0.4, 0.5) is 0 Å². The van der Waals surface area contributed by atoms with Gasteiger partial charge in [0.05, 0.1) is 7.11 Å². The van der Waals surface area contributed by atoms with E-state index in [1.54, 1.807) is 7.11 Å². The van der Waals surface area contributed by atoms with Crippen molar-refractivity contribution in [3.05, 3.63) is 29.8 Å². The van der Waals surface area contributed by atoms with Gasteiger partial charge >= 0.3 is 0 Å². The van der Waals surface area contributed by atoms with Gasteiger partial charge in [-0.05, 0) is 74.2 Å². The molecular formula is C20H28N2O2. The molecule has 2 aliphatic heterocycles. The van der Waals surface area contributed by atoms with Crippen molar-refractivity contribution in [2.24, 2.45) is 11.3 Å². The molecule has 4 heteroatoms. The van der Waals surface area contributed by atoms with Crippen LogP contribution in [0.2, 0.25) is 0 Å². The van der Waals surface area contributed by atoms with E-state index in [1.165, 1.54) is 31.2 Å². The van der Waals surface area contributed by atoms with E-state index in [-0.39, 0.29) is 5.92 Å². The minimum atomic E-state index is 0.209. The van der Waals surface area contributed by atoms with Gasteiger partial charge in [0.2, 0.25) is 5.91 Å². The van der Waals surface area contributed by atoms with E-state index in [1.807, 2.05) is 12.1 Å². The molecule has 2 heterocycles. The van der Waals surface area contributed by atoms with Gasteiger partial charge in [-0.2, -0.15) is 0 Å².